The molecule has 3 aromatic heterocycles. The second-order valence-electron chi connectivity index (χ2n) is 8.82. The van der Waals surface area contributed by atoms with Gasteiger partial charge in [0.05, 0.1) is 24.7 Å². The Bertz CT molecular complexity index is 1260. The molecule has 168 valence electrons. The Labute approximate surface area is 190 Å². The molecule has 0 amide bonds. The Balaban J connectivity index is 1.39. The van der Waals surface area contributed by atoms with Crippen molar-refractivity contribution in [3.63, 3.8) is 0 Å². The van der Waals surface area contributed by atoms with Crippen LogP contribution in [0.15, 0.2) is 54.9 Å². The average Bonchev–Trinajstić information content (AvgIpc) is 3.51. The highest BCUT2D eigenvalue weighted by atomic mass is 19.1. The van der Waals surface area contributed by atoms with Crippen LogP contribution in [0, 0.1) is 17.7 Å². The Morgan fingerprint density at radius 2 is 1.70 bits per heavy atom. The molecular formula is C24H24FN7O. The van der Waals surface area contributed by atoms with E-state index in [4.69, 9.17) is 10.1 Å². The van der Waals surface area contributed by atoms with Crippen molar-refractivity contribution >= 4 is 11.5 Å². The van der Waals surface area contributed by atoms with Crippen LogP contribution >= 0.6 is 0 Å². The summed E-state index contributed by atoms with van der Waals surface area (Å²) >= 11 is 0. The number of imidazole rings is 1. The van der Waals surface area contributed by atoms with Crippen molar-refractivity contribution in [3.05, 3.63) is 60.7 Å². The van der Waals surface area contributed by atoms with E-state index in [0.29, 0.717) is 11.8 Å². The molecule has 9 heteroatoms. The molecule has 5 heterocycles. The lowest BCUT2D eigenvalue weighted by atomic mass is 10.0. The predicted molar refractivity (Wildman–Crippen MR) is 122 cm³/mol. The predicted octanol–water partition coefficient (Wildman–Crippen LogP) is 2.35. The molecule has 0 spiro atoms. The number of aliphatic hydroxyl groups excluding tert-OH is 1. The number of likely N-dealkylation sites (tertiary alicyclic amines) is 1. The van der Waals surface area contributed by atoms with Gasteiger partial charge in [-0.05, 0) is 54.3 Å². The fourth-order valence-electron chi connectivity index (χ4n) is 5.19. The van der Waals surface area contributed by atoms with Gasteiger partial charge in [0.2, 0.25) is 0 Å². The minimum absolute atomic E-state index is 0.213. The van der Waals surface area contributed by atoms with Gasteiger partial charge in [-0.1, -0.05) is 0 Å². The third kappa shape index (κ3) is 3.63. The number of aliphatic hydroxyl groups is 1. The van der Waals surface area contributed by atoms with E-state index in [1.165, 1.54) is 12.1 Å². The highest BCUT2D eigenvalue weighted by Crippen LogP contribution is 2.35. The molecule has 2 atom stereocenters. The van der Waals surface area contributed by atoms with Crippen LogP contribution in [-0.2, 0) is 0 Å². The molecular weight excluding hydrogens is 421 g/mol. The summed E-state index contributed by atoms with van der Waals surface area (Å²) in [7, 11) is 0. The van der Waals surface area contributed by atoms with Gasteiger partial charge in [0.1, 0.15) is 17.3 Å². The average molecular weight is 446 g/mol. The SMILES string of the molecule is OCCN1CC2CN(c3ccc4nc(-c5ccc(F)cc5)c(-c5ccnnc5)n4n3)CC2C1. The molecule has 2 saturated heterocycles. The zero-order valence-electron chi connectivity index (χ0n) is 18.0. The maximum Gasteiger partial charge on any atom is 0.155 e. The van der Waals surface area contributed by atoms with Crippen LogP contribution in [0.4, 0.5) is 10.2 Å². The van der Waals surface area contributed by atoms with Gasteiger partial charge < -0.3 is 14.9 Å². The number of hydrogen-bond donors (Lipinski definition) is 1. The van der Waals surface area contributed by atoms with E-state index in [1.54, 1.807) is 24.5 Å². The largest absolute Gasteiger partial charge is 0.395 e. The smallest absolute Gasteiger partial charge is 0.155 e. The minimum Gasteiger partial charge on any atom is -0.395 e. The molecule has 0 radical (unpaired) electrons. The molecule has 2 aliphatic rings. The number of rotatable bonds is 5. The maximum absolute atomic E-state index is 13.5. The van der Waals surface area contributed by atoms with Crippen molar-refractivity contribution in [1.82, 2.24) is 29.7 Å². The monoisotopic (exact) mass is 445 g/mol. The summed E-state index contributed by atoms with van der Waals surface area (Å²) in [6.07, 6.45) is 3.34. The molecule has 0 saturated carbocycles. The lowest BCUT2D eigenvalue weighted by Gasteiger charge is -2.21. The van der Waals surface area contributed by atoms with Crippen LogP contribution in [0.2, 0.25) is 0 Å². The van der Waals surface area contributed by atoms with Crippen LogP contribution in [0.5, 0.6) is 0 Å². The molecule has 0 aliphatic carbocycles. The first-order valence-electron chi connectivity index (χ1n) is 11.2. The number of aromatic nitrogens is 5. The van der Waals surface area contributed by atoms with Gasteiger partial charge in [-0.2, -0.15) is 10.2 Å². The summed E-state index contributed by atoms with van der Waals surface area (Å²) in [5.41, 5.74) is 3.92. The van der Waals surface area contributed by atoms with Crippen LogP contribution in [0.1, 0.15) is 0 Å². The lowest BCUT2D eigenvalue weighted by Crippen LogP contribution is -2.31. The summed E-state index contributed by atoms with van der Waals surface area (Å²) in [6, 6.07) is 12.2. The van der Waals surface area contributed by atoms with E-state index >= 15 is 0 Å². The highest BCUT2D eigenvalue weighted by Gasteiger charge is 2.40. The maximum atomic E-state index is 13.5. The molecule has 0 bridgehead atoms. The molecule has 1 aromatic carbocycles. The van der Waals surface area contributed by atoms with Gasteiger partial charge in [-0.15, -0.1) is 5.10 Å². The second kappa shape index (κ2) is 8.17. The van der Waals surface area contributed by atoms with Gasteiger partial charge in [-0.25, -0.2) is 13.9 Å². The first-order chi connectivity index (χ1) is 16.2. The molecule has 8 nitrogen and oxygen atoms in total. The highest BCUT2D eigenvalue weighted by molar-refractivity contribution is 5.81. The van der Waals surface area contributed by atoms with E-state index in [9.17, 15) is 9.50 Å². The van der Waals surface area contributed by atoms with Crippen molar-refractivity contribution in [2.24, 2.45) is 11.8 Å². The van der Waals surface area contributed by atoms with Crippen molar-refractivity contribution in [3.8, 4) is 22.5 Å². The van der Waals surface area contributed by atoms with Crippen LogP contribution in [0.3, 0.4) is 0 Å². The summed E-state index contributed by atoms with van der Waals surface area (Å²) in [5.74, 6) is 1.81. The van der Waals surface area contributed by atoms with E-state index in [2.05, 4.69) is 20.0 Å². The zero-order chi connectivity index (χ0) is 22.4. The van der Waals surface area contributed by atoms with Gasteiger partial charge in [0.25, 0.3) is 0 Å². The van der Waals surface area contributed by atoms with Crippen molar-refractivity contribution in [2.45, 2.75) is 0 Å². The summed E-state index contributed by atoms with van der Waals surface area (Å²) in [6.45, 7) is 4.93. The van der Waals surface area contributed by atoms with Gasteiger partial charge >= 0.3 is 0 Å². The van der Waals surface area contributed by atoms with Crippen LogP contribution < -0.4 is 4.90 Å². The minimum atomic E-state index is -0.285. The number of β-amino-alcohol motifs (C(OH)–C–C–N with tert-alkyl or cyclic N) is 1. The number of nitrogens with zero attached hydrogens (tertiary/aromatic N) is 7. The number of anilines is 1. The molecule has 2 unspecified atom stereocenters. The standard InChI is InChI=1S/C24H24FN7O/c25-20-3-1-16(2-4-20)23-24(17-7-8-26-27-11-17)32-21(28-23)5-6-22(29-32)31-14-18-12-30(9-10-33)13-19(18)15-31/h1-8,11,18-19,33H,9-10,12-15H2. The number of hydrogen-bond acceptors (Lipinski definition) is 7. The number of benzene rings is 1. The lowest BCUT2D eigenvalue weighted by molar-refractivity contribution is 0.214. The van der Waals surface area contributed by atoms with Crippen LogP contribution in [0.25, 0.3) is 28.2 Å². The first kappa shape index (κ1) is 20.2. The molecule has 2 fully saturated rings. The third-order valence-electron chi connectivity index (χ3n) is 6.74. The third-order valence-corrected chi connectivity index (χ3v) is 6.74. The molecule has 4 aromatic rings. The van der Waals surface area contributed by atoms with Gasteiger partial charge in [0.15, 0.2) is 5.65 Å². The molecule has 2 aliphatic heterocycles. The Hall–Kier alpha value is -3.43. The van der Waals surface area contributed by atoms with E-state index in [-0.39, 0.29) is 12.4 Å². The second-order valence-corrected chi connectivity index (χ2v) is 8.82. The normalized spacial score (nSPS) is 20.6. The number of fused-ring (bicyclic) bond motifs is 2. The first-order valence-corrected chi connectivity index (χ1v) is 11.2. The summed E-state index contributed by atoms with van der Waals surface area (Å²) in [4.78, 5) is 9.52. The quantitative estimate of drug-likeness (QED) is 0.505. The van der Waals surface area contributed by atoms with Crippen molar-refractivity contribution < 1.29 is 9.50 Å². The summed E-state index contributed by atoms with van der Waals surface area (Å²) < 4.78 is 15.4. The van der Waals surface area contributed by atoms with E-state index in [0.717, 1.165) is 66.7 Å². The molecule has 1 N–H and O–H groups in total. The van der Waals surface area contributed by atoms with Gasteiger partial charge in [0, 0.05) is 43.9 Å². The Morgan fingerprint density at radius 3 is 2.39 bits per heavy atom. The Kier molecular flexibility index (Phi) is 5.00. The molecule has 6 rings (SSSR count). The van der Waals surface area contributed by atoms with Crippen molar-refractivity contribution in [2.75, 3.05) is 44.2 Å². The summed E-state index contributed by atoms with van der Waals surface area (Å²) in [5, 5.41) is 22.2. The fourth-order valence-corrected chi connectivity index (χ4v) is 5.19. The molecule has 33 heavy (non-hydrogen) atoms. The van der Waals surface area contributed by atoms with E-state index in [1.807, 2.05) is 22.7 Å². The van der Waals surface area contributed by atoms with Crippen molar-refractivity contribution in [1.29, 1.82) is 0 Å². The zero-order valence-corrected chi connectivity index (χ0v) is 18.0. The van der Waals surface area contributed by atoms with Gasteiger partial charge in [-0.3, -0.25) is 0 Å². The fraction of sp³-hybridized carbons (Fsp3) is 0.333. The van der Waals surface area contributed by atoms with Crippen LogP contribution in [-0.4, -0.2) is 74.1 Å². The Morgan fingerprint density at radius 1 is 0.909 bits per heavy atom. The number of halogens is 1. The van der Waals surface area contributed by atoms with E-state index < -0.39 is 0 Å². The topological polar surface area (TPSA) is 82.7 Å².